The van der Waals surface area contributed by atoms with E-state index in [2.05, 4.69) is 10.2 Å². The molecule has 15 heavy (non-hydrogen) atoms. The van der Waals surface area contributed by atoms with Gasteiger partial charge < -0.3 is 5.73 Å². The molecule has 76 valence electrons. The highest BCUT2D eigenvalue weighted by Crippen LogP contribution is 2.31. The monoisotopic (exact) mass is 237 g/mol. The van der Waals surface area contributed by atoms with Crippen molar-refractivity contribution in [1.82, 2.24) is 10.2 Å². The first kappa shape index (κ1) is 10.3. The van der Waals surface area contributed by atoms with Gasteiger partial charge in [-0.3, -0.25) is 0 Å². The average molecular weight is 238 g/mol. The van der Waals surface area contributed by atoms with Gasteiger partial charge in [0.2, 0.25) is 0 Å². The summed E-state index contributed by atoms with van der Waals surface area (Å²) in [7, 11) is 0. The second kappa shape index (κ2) is 4.51. The number of benzene rings is 1. The van der Waals surface area contributed by atoms with Crippen LogP contribution < -0.4 is 5.73 Å². The van der Waals surface area contributed by atoms with Crippen LogP contribution in [0.15, 0.2) is 46.3 Å². The molecule has 1 aromatic heterocycles. The average Bonchev–Trinajstić information content (AvgIpc) is 2.25. The summed E-state index contributed by atoms with van der Waals surface area (Å²) in [4.78, 5) is 0.957. The van der Waals surface area contributed by atoms with Gasteiger partial charge in [0.1, 0.15) is 10.8 Å². The van der Waals surface area contributed by atoms with E-state index >= 15 is 0 Å². The Kier molecular flexibility index (Phi) is 3.08. The molecule has 0 saturated heterocycles. The highest BCUT2D eigenvalue weighted by atomic mass is 35.5. The molecule has 0 aliphatic carbocycles. The lowest BCUT2D eigenvalue weighted by atomic mass is 10.4. The smallest absolute Gasteiger partial charge is 0.146 e. The summed E-state index contributed by atoms with van der Waals surface area (Å²) in [5.74, 6) is 0.415. The molecule has 0 aliphatic heterocycles. The lowest BCUT2D eigenvalue weighted by Gasteiger charge is -2.01. The Bertz CT molecular complexity index is 458. The van der Waals surface area contributed by atoms with Gasteiger partial charge in [0.15, 0.2) is 0 Å². The zero-order chi connectivity index (χ0) is 10.7. The van der Waals surface area contributed by atoms with Crippen LogP contribution in [0.2, 0.25) is 5.02 Å². The predicted molar refractivity (Wildman–Crippen MR) is 62.0 cm³/mol. The third-order valence-corrected chi connectivity index (χ3v) is 3.16. The van der Waals surface area contributed by atoms with Crippen molar-refractivity contribution in [3.63, 3.8) is 0 Å². The lowest BCUT2D eigenvalue weighted by Crippen LogP contribution is -1.92. The largest absolute Gasteiger partial charge is 0.382 e. The number of aromatic nitrogens is 2. The summed E-state index contributed by atoms with van der Waals surface area (Å²) in [5.41, 5.74) is 5.44. The number of nitrogen functional groups attached to an aromatic ring is 1. The summed E-state index contributed by atoms with van der Waals surface area (Å²) in [6.07, 6.45) is 0. The second-order valence-electron chi connectivity index (χ2n) is 2.83. The number of nitrogens with two attached hydrogens (primary N) is 1. The van der Waals surface area contributed by atoms with E-state index in [0.717, 1.165) is 9.92 Å². The van der Waals surface area contributed by atoms with Gasteiger partial charge in [0.05, 0.1) is 5.02 Å². The van der Waals surface area contributed by atoms with Crippen LogP contribution in [-0.2, 0) is 0 Å². The third-order valence-electron chi connectivity index (χ3n) is 1.71. The Labute approximate surface area is 96.7 Å². The van der Waals surface area contributed by atoms with Gasteiger partial charge in [0, 0.05) is 4.90 Å². The van der Waals surface area contributed by atoms with Crippen molar-refractivity contribution in [3.8, 4) is 0 Å². The van der Waals surface area contributed by atoms with E-state index in [9.17, 15) is 0 Å². The first-order chi connectivity index (χ1) is 7.25. The molecule has 0 amide bonds. The lowest BCUT2D eigenvalue weighted by molar-refractivity contribution is 0.939. The van der Waals surface area contributed by atoms with Gasteiger partial charge in [-0.05, 0) is 24.3 Å². The molecule has 0 fully saturated rings. The van der Waals surface area contributed by atoms with Crippen LogP contribution in [0.1, 0.15) is 0 Å². The topological polar surface area (TPSA) is 51.8 Å². The van der Waals surface area contributed by atoms with E-state index in [1.807, 2.05) is 30.3 Å². The minimum atomic E-state index is 0.415. The van der Waals surface area contributed by atoms with Crippen molar-refractivity contribution < 1.29 is 0 Å². The summed E-state index contributed by atoms with van der Waals surface area (Å²) in [5, 5.41) is 9.20. The maximum atomic E-state index is 6.01. The maximum absolute atomic E-state index is 6.01. The number of halogens is 1. The predicted octanol–water partition coefficient (Wildman–Crippen LogP) is 2.86. The standard InChI is InChI=1S/C10H8ClN3S/c11-7-3-1-2-4-8(7)15-10-6-5-9(12)13-14-10/h1-6H,(H2,12,13). The molecule has 0 saturated carbocycles. The van der Waals surface area contributed by atoms with E-state index < -0.39 is 0 Å². The van der Waals surface area contributed by atoms with Crippen LogP contribution in [0.25, 0.3) is 0 Å². The van der Waals surface area contributed by atoms with E-state index in [1.54, 1.807) is 6.07 Å². The van der Waals surface area contributed by atoms with Gasteiger partial charge in [0.25, 0.3) is 0 Å². The molecule has 1 heterocycles. The quantitative estimate of drug-likeness (QED) is 0.873. The normalized spacial score (nSPS) is 10.2. The Balaban J connectivity index is 2.22. The maximum Gasteiger partial charge on any atom is 0.146 e. The molecule has 2 rings (SSSR count). The highest BCUT2D eigenvalue weighted by molar-refractivity contribution is 7.99. The Morgan fingerprint density at radius 2 is 1.87 bits per heavy atom. The van der Waals surface area contributed by atoms with Crippen molar-refractivity contribution >= 4 is 29.2 Å². The number of anilines is 1. The van der Waals surface area contributed by atoms with Crippen molar-refractivity contribution in [2.75, 3.05) is 5.73 Å². The van der Waals surface area contributed by atoms with E-state index in [4.69, 9.17) is 17.3 Å². The fourth-order valence-electron chi connectivity index (χ4n) is 1.02. The van der Waals surface area contributed by atoms with Crippen LogP contribution in [-0.4, -0.2) is 10.2 Å². The van der Waals surface area contributed by atoms with Crippen LogP contribution in [0.3, 0.4) is 0 Å². The van der Waals surface area contributed by atoms with Crippen molar-refractivity contribution in [3.05, 3.63) is 41.4 Å². The summed E-state index contributed by atoms with van der Waals surface area (Å²) >= 11 is 7.47. The second-order valence-corrected chi connectivity index (χ2v) is 4.30. The molecule has 0 spiro atoms. The third kappa shape index (κ3) is 2.61. The minimum absolute atomic E-state index is 0.415. The zero-order valence-corrected chi connectivity index (χ0v) is 9.29. The molecular formula is C10H8ClN3S. The molecule has 0 radical (unpaired) electrons. The van der Waals surface area contributed by atoms with Crippen LogP contribution in [0.4, 0.5) is 5.82 Å². The highest BCUT2D eigenvalue weighted by Gasteiger charge is 2.02. The van der Waals surface area contributed by atoms with E-state index in [-0.39, 0.29) is 0 Å². The molecule has 0 unspecified atom stereocenters. The molecule has 2 N–H and O–H groups in total. The summed E-state index contributed by atoms with van der Waals surface area (Å²) < 4.78 is 0. The summed E-state index contributed by atoms with van der Waals surface area (Å²) in [6.45, 7) is 0. The van der Waals surface area contributed by atoms with Gasteiger partial charge in [-0.25, -0.2) is 0 Å². The Morgan fingerprint density at radius 1 is 1.07 bits per heavy atom. The van der Waals surface area contributed by atoms with Crippen LogP contribution in [0.5, 0.6) is 0 Å². The fraction of sp³-hybridized carbons (Fsp3) is 0. The molecule has 2 aromatic rings. The number of nitrogens with zero attached hydrogens (tertiary/aromatic N) is 2. The molecule has 0 atom stereocenters. The van der Waals surface area contributed by atoms with E-state index in [1.165, 1.54) is 11.8 Å². The van der Waals surface area contributed by atoms with Crippen LogP contribution in [0, 0.1) is 0 Å². The zero-order valence-electron chi connectivity index (χ0n) is 7.72. The molecule has 0 bridgehead atoms. The fourth-order valence-corrected chi connectivity index (χ4v) is 2.03. The van der Waals surface area contributed by atoms with Crippen molar-refractivity contribution in [2.24, 2.45) is 0 Å². The Morgan fingerprint density at radius 3 is 2.53 bits per heavy atom. The van der Waals surface area contributed by atoms with Crippen molar-refractivity contribution in [1.29, 1.82) is 0 Å². The van der Waals surface area contributed by atoms with Gasteiger partial charge in [-0.15, -0.1) is 10.2 Å². The number of hydrogen-bond donors (Lipinski definition) is 1. The number of hydrogen-bond acceptors (Lipinski definition) is 4. The summed E-state index contributed by atoms with van der Waals surface area (Å²) in [6, 6.07) is 11.1. The molecule has 1 aromatic carbocycles. The molecule has 0 aliphatic rings. The first-order valence-corrected chi connectivity index (χ1v) is 5.47. The first-order valence-electron chi connectivity index (χ1n) is 4.27. The molecular weight excluding hydrogens is 230 g/mol. The van der Waals surface area contributed by atoms with E-state index in [0.29, 0.717) is 10.8 Å². The molecule has 3 nitrogen and oxygen atoms in total. The Hall–Kier alpha value is -1.26. The SMILES string of the molecule is Nc1ccc(Sc2ccccc2Cl)nn1. The van der Waals surface area contributed by atoms with Gasteiger partial charge in [-0.1, -0.05) is 35.5 Å². The molecule has 5 heteroatoms. The van der Waals surface area contributed by atoms with Gasteiger partial charge >= 0.3 is 0 Å². The number of rotatable bonds is 2. The van der Waals surface area contributed by atoms with Crippen molar-refractivity contribution in [2.45, 2.75) is 9.92 Å². The minimum Gasteiger partial charge on any atom is -0.382 e. The van der Waals surface area contributed by atoms with Crippen LogP contribution >= 0.6 is 23.4 Å². The van der Waals surface area contributed by atoms with Gasteiger partial charge in [-0.2, -0.15) is 0 Å².